The highest BCUT2D eigenvalue weighted by molar-refractivity contribution is 14.1. The summed E-state index contributed by atoms with van der Waals surface area (Å²) in [5, 5.41) is 3.53. The highest BCUT2D eigenvalue weighted by Gasteiger charge is 2.16. The maximum absolute atomic E-state index is 14.0. The van der Waals surface area contributed by atoms with Gasteiger partial charge in [-0.3, -0.25) is 0 Å². The predicted octanol–water partition coefficient (Wildman–Crippen LogP) is 5.48. The Bertz CT molecular complexity index is 603. The molecule has 0 aliphatic heterocycles. The molecule has 0 radical (unpaired) electrons. The molecule has 0 spiro atoms. The van der Waals surface area contributed by atoms with Crippen molar-refractivity contribution in [3.05, 3.63) is 67.5 Å². The molecule has 1 unspecified atom stereocenters. The lowest BCUT2D eigenvalue weighted by atomic mass is 9.98. The molecule has 0 aliphatic carbocycles. The van der Waals surface area contributed by atoms with Crippen molar-refractivity contribution in [3.8, 4) is 0 Å². The Hall–Kier alpha value is -0.460. The van der Waals surface area contributed by atoms with Crippen molar-refractivity contribution in [2.45, 2.75) is 25.8 Å². The second kappa shape index (κ2) is 8.25. The van der Waals surface area contributed by atoms with E-state index in [4.69, 9.17) is 0 Å². The summed E-state index contributed by atoms with van der Waals surface area (Å²) in [5.74, 6) is -0.146. The lowest BCUT2D eigenvalue weighted by Gasteiger charge is -2.21. The van der Waals surface area contributed by atoms with Crippen LogP contribution in [0.25, 0.3) is 0 Å². The van der Waals surface area contributed by atoms with E-state index < -0.39 is 0 Å². The quantitative estimate of drug-likeness (QED) is 0.562. The normalized spacial score (nSPS) is 12.4. The summed E-state index contributed by atoms with van der Waals surface area (Å²) >= 11 is 5.76. The van der Waals surface area contributed by atoms with Crippen LogP contribution >= 0.6 is 38.5 Å². The van der Waals surface area contributed by atoms with Crippen molar-refractivity contribution in [2.75, 3.05) is 6.54 Å². The van der Waals surface area contributed by atoms with E-state index in [1.807, 2.05) is 18.2 Å². The minimum atomic E-state index is -0.146. The van der Waals surface area contributed by atoms with Gasteiger partial charge in [0.05, 0.1) is 0 Å². The van der Waals surface area contributed by atoms with Crippen LogP contribution in [0.3, 0.4) is 0 Å². The Morgan fingerprint density at radius 3 is 2.71 bits per heavy atom. The van der Waals surface area contributed by atoms with Crippen LogP contribution in [-0.2, 0) is 6.42 Å². The summed E-state index contributed by atoms with van der Waals surface area (Å²) in [4.78, 5) is 0. The zero-order valence-electron chi connectivity index (χ0n) is 11.9. The molecule has 2 aromatic carbocycles. The molecule has 0 amide bonds. The fourth-order valence-corrected chi connectivity index (χ4v) is 3.46. The monoisotopic (exact) mass is 461 g/mol. The van der Waals surface area contributed by atoms with Crippen molar-refractivity contribution < 1.29 is 4.39 Å². The average Bonchev–Trinajstić information content (AvgIpc) is 2.48. The minimum Gasteiger partial charge on any atom is -0.310 e. The molecule has 1 atom stereocenters. The van der Waals surface area contributed by atoms with Gasteiger partial charge in [-0.25, -0.2) is 4.39 Å². The van der Waals surface area contributed by atoms with Gasteiger partial charge in [-0.2, -0.15) is 0 Å². The molecule has 2 rings (SSSR count). The zero-order valence-corrected chi connectivity index (χ0v) is 15.6. The van der Waals surface area contributed by atoms with Gasteiger partial charge in [-0.05, 0) is 77.4 Å². The summed E-state index contributed by atoms with van der Waals surface area (Å²) in [7, 11) is 0. The van der Waals surface area contributed by atoms with E-state index in [2.05, 4.69) is 62.9 Å². The van der Waals surface area contributed by atoms with E-state index in [-0.39, 0.29) is 11.9 Å². The third-order valence-corrected chi connectivity index (χ3v) is 4.83. The molecule has 4 heteroatoms. The first-order valence-corrected chi connectivity index (χ1v) is 8.90. The Morgan fingerprint density at radius 2 is 2.00 bits per heavy atom. The van der Waals surface area contributed by atoms with E-state index in [9.17, 15) is 4.39 Å². The van der Waals surface area contributed by atoms with Gasteiger partial charge in [0.2, 0.25) is 0 Å². The van der Waals surface area contributed by atoms with E-state index in [0.29, 0.717) is 6.42 Å². The number of halogens is 3. The van der Waals surface area contributed by atoms with Crippen LogP contribution in [-0.4, -0.2) is 6.54 Å². The molecule has 0 fully saturated rings. The van der Waals surface area contributed by atoms with Gasteiger partial charge in [-0.1, -0.05) is 41.1 Å². The molecule has 112 valence electrons. The number of hydrogen-bond donors (Lipinski definition) is 1. The highest BCUT2D eigenvalue weighted by Crippen LogP contribution is 2.26. The standard InChI is InChI=1S/C17H18BrFIN/c1-2-9-21-17(14-5-3-4-6-16(14)20)11-12-10-13(18)7-8-15(12)19/h3-8,10,17,21H,2,9,11H2,1H3. The molecule has 21 heavy (non-hydrogen) atoms. The molecular weight excluding hydrogens is 444 g/mol. The van der Waals surface area contributed by atoms with Crippen molar-refractivity contribution in [3.63, 3.8) is 0 Å². The van der Waals surface area contributed by atoms with Crippen molar-refractivity contribution >= 4 is 38.5 Å². The Kier molecular flexibility index (Phi) is 6.64. The van der Waals surface area contributed by atoms with Crippen molar-refractivity contribution in [1.29, 1.82) is 0 Å². The summed E-state index contributed by atoms with van der Waals surface area (Å²) in [6.07, 6.45) is 1.70. The molecule has 0 saturated heterocycles. The van der Waals surface area contributed by atoms with Gasteiger partial charge in [-0.15, -0.1) is 0 Å². The van der Waals surface area contributed by atoms with Gasteiger partial charge in [0.25, 0.3) is 0 Å². The van der Waals surface area contributed by atoms with E-state index >= 15 is 0 Å². The van der Waals surface area contributed by atoms with Gasteiger partial charge in [0, 0.05) is 14.1 Å². The molecule has 0 heterocycles. The van der Waals surface area contributed by atoms with E-state index in [0.717, 1.165) is 23.0 Å². The first kappa shape index (κ1) is 16.9. The van der Waals surface area contributed by atoms with Crippen LogP contribution < -0.4 is 5.32 Å². The first-order valence-electron chi connectivity index (χ1n) is 7.03. The average molecular weight is 462 g/mol. The Balaban J connectivity index is 2.28. The molecule has 0 bridgehead atoms. The van der Waals surface area contributed by atoms with Crippen LogP contribution in [0.4, 0.5) is 4.39 Å². The third kappa shape index (κ3) is 4.76. The predicted molar refractivity (Wildman–Crippen MR) is 98.0 cm³/mol. The summed E-state index contributed by atoms with van der Waals surface area (Å²) in [6.45, 7) is 3.06. The van der Waals surface area contributed by atoms with Gasteiger partial charge < -0.3 is 5.32 Å². The second-order valence-electron chi connectivity index (χ2n) is 4.97. The smallest absolute Gasteiger partial charge is 0.126 e. The van der Waals surface area contributed by atoms with Crippen LogP contribution in [0.15, 0.2) is 46.9 Å². The number of rotatable bonds is 6. The summed E-state index contributed by atoms with van der Waals surface area (Å²) < 4.78 is 16.1. The van der Waals surface area contributed by atoms with Crippen LogP contribution in [0.1, 0.15) is 30.5 Å². The van der Waals surface area contributed by atoms with Gasteiger partial charge >= 0.3 is 0 Å². The van der Waals surface area contributed by atoms with Crippen molar-refractivity contribution in [2.24, 2.45) is 0 Å². The second-order valence-corrected chi connectivity index (χ2v) is 7.05. The largest absolute Gasteiger partial charge is 0.310 e. The molecule has 0 aliphatic rings. The lowest BCUT2D eigenvalue weighted by Crippen LogP contribution is -2.25. The number of nitrogens with one attached hydrogen (secondary N) is 1. The summed E-state index contributed by atoms with van der Waals surface area (Å²) in [5.41, 5.74) is 1.96. The number of benzene rings is 2. The lowest BCUT2D eigenvalue weighted by molar-refractivity contribution is 0.511. The van der Waals surface area contributed by atoms with E-state index in [1.165, 1.54) is 15.2 Å². The first-order chi connectivity index (χ1) is 10.1. The number of hydrogen-bond acceptors (Lipinski definition) is 1. The van der Waals surface area contributed by atoms with Gasteiger partial charge in [0.15, 0.2) is 0 Å². The highest BCUT2D eigenvalue weighted by atomic mass is 127. The molecule has 1 nitrogen and oxygen atoms in total. The zero-order chi connectivity index (χ0) is 15.2. The third-order valence-electron chi connectivity index (χ3n) is 3.35. The minimum absolute atomic E-state index is 0.127. The molecule has 0 saturated carbocycles. The maximum Gasteiger partial charge on any atom is 0.126 e. The fraction of sp³-hybridized carbons (Fsp3) is 0.294. The molecular formula is C17H18BrFIN. The SMILES string of the molecule is CCCNC(Cc1cc(Br)ccc1F)c1ccccc1I. The van der Waals surface area contributed by atoms with Crippen molar-refractivity contribution in [1.82, 2.24) is 5.32 Å². The molecule has 0 aromatic heterocycles. The maximum atomic E-state index is 14.0. The Labute approximate surface area is 147 Å². The van der Waals surface area contributed by atoms with Gasteiger partial charge in [0.1, 0.15) is 5.82 Å². The Morgan fingerprint density at radius 1 is 1.24 bits per heavy atom. The molecule has 2 aromatic rings. The topological polar surface area (TPSA) is 12.0 Å². The fourth-order valence-electron chi connectivity index (χ4n) is 2.29. The van der Waals surface area contributed by atoms with Crippen LogP contribution in [0.2, 0.25) is 0 Å². The molecule has 1 N–H and O–H groups in total. The van der Waals surface area contributed by atoms with Crippen LogP contribution in [0.5, 0.6) is 0 Å². The van der Waals surface area contributed by atoms with E-state index in [1.54, 1.807) is 6.07 Å². The van der Waals surface area contributed by atoms with Crippen LogP contribution in [0, 0.1) is 9.39 Å². The summed E-state index contributed by atoms with van der Waals surface area (Å²) in [6, 6.07) is 13.5.